The van der Waals surface area contributed by atoms with Crippen LogP contribution >= 0.6 is 0 Å². The van der Waals surface area contributed by atoms with Gasteiger partial charge in [-0.15, -0.1) is 0 Å². The van der Waals surface area contributed by atoms with Crippen molar-refractivity contribution >= 4 is 23.2 Å². The summed E-state index contributed by atoms with van der Waals surface area (Å²) < 4.78 is 0. The maximum Gasteiger partial charge on any atom is 0.227 e. The first-order valence-corrected chi connectivity index (χ1v) is 6.38. The van der Waals surface area contributed by atoms with Crippen molar-refractivity contribution in [1.82, 2.24) is 4.90 Å². The predicted molar refractivity (Wildman–Crippen MR) is 74.8 cm³/mol. The van der Waals surface area contributed by atoms with Crippen LogP contribution in [0.1, 0.15) is 18.4 Å². The molecule has 1 heterocycles. The fourth-order valence-electron chi connectivity index (χ4n) is 2.26. The zero-order valence-electron chi connectivity index (χ0n) is 11.3. The SMILES string of the molecule is CN(C)C(=O)CCN1C(=O)CCc2cc(N)ccc21. The van der Waals surface area contributed by atoms with Gasteiger partial charge in [-0.1, -0.05) is 0 Å². The van der Waals surface area contributed by atoms with Crippen LogP contribution in [0.2, 0.25) is 0 Å². The van der Waals surface area contributed by atoms with Crippen LogP contribution in [0.15, 0.2) is 18.2 Å². The number of hydrogen-bond donors (Lipinski definition) is 1. The molecule has 102 valence electrons. The van der Waals surface area contributed by atoms with Crippen LogP contribution in [0.3, 0.4) is 0 Å². The smallest absolute Gasteiger partial charge is 0.227 e. The van der Waals surface area contributed by atoms with Gasteiger partial charge in [0.2, 0.25) is 11.8 Å². The minimum Gasteiger partial charge on any atom is -0.399 e. The number of aryl methyl sites for hydroxylation is 1. The molecule has 0 atom stereocenters. The van der Waals surface area contributed by atoms with E-state index in [1.807, 2.05) is 12.1 Å². The van der Waals surface area contributed by atoms with Gasteiger partial charge in [0, 0.05) is 44.9 Å². The van der Waals surface area contributed by atoms with Crippen molar-refractivity contribution in [2.24, 2.45) is 0 Å². The lowest BCUT2D eigenvalue weighted by atomic mass is 10.0. The molecule has 0 bridgehead atoms. The molecule has 2 N–H and O–H groups in total. The molecule has 2 amide bonds. The van der Waals surface area contributed by atoms with Crippen LogP contribution in [0.5, 0.6) is 0 Å². The highest BCUT2D eigenvalue weighted by atomic mass is 16.2. The Morgan fingerprint density at radius 3 is 2.79 bits per heavy atom. The van der Waals surface area contributed by atoms with Crippen LogP contribution in [0, 0.1) is 0 Å². The normalized spacial score (nSPS) is 14.2. The van der Waals surface area contributed by atoms with Gasteiger partial charge >= 0.3 is 0 Å². The quantitative estimate of drug-likeness (QED) is 0.826. The molecule has 19 heavy (non-hydrogen) atoms. The van der Waals surface area contributed by atoms with Crippen molar-refractivity contribution in [2.75, 3.05) is 31.3 Å². The van der Waals surface area contributed by atoms with E-state index in [4.69, 9.17) is 5.73 Å². The molecule has 5 heteroatoms. The lowest BCUT2D eigenvalue weighted by molar-refractivity contribution is -0.128. The van der Waals surface area contributed by atoms with Crippen molar-refractivity contribution in [1.29, 1.82) is 0 Å². The monoisotopic (exact) mass is 261 g/mol. The van der Waals surface area contributed by atoms with E-state index >= 15 is 0 Å². The molecule has 0 aromatic heterocycles. The minimum atomic E-state index is 0.0235. The van der Waals surface area contributed by atoms with Crippen molar-refractivity contribution in [3.63, 3.8) is 0 Å². The number of nitrogens with zero attached hydrogens (tertiary/aromatic N) is 2. The summed E-state index contributed by atoms with van der Waals surface area (Å²) in [6, 6.07) is 5.56. The molecule has 0 unspecified atom stereocenters. The van der Waals surface area contributed by atoms with Gasteiger partial charge in [0.05, 0.1) is 0 Å². The number of carbonyl (C=O) groups excluding carboxylic acids is 2. The van der Waals surface area contributed by atoms with E-state index in [9.17, 15) is 9.59 Å². The van der Waals surface area contributed by atoms with E-state index in [0.717, 1.165) is 17.7 Å². The Kier molecular flexibility index (Phi) is 3.74. The van der Waals surface area contributed by atoms with Crippen molar-refractivity contribution in [2.45, 2.75) is 19.3 Å². The molecule has 1 aromatic rings. The number of nitrogens with two attached hydrogens (primary N) is 1. The predicted octanol–water partition coefficient (Wildman–Crippen LogP) is 1.03. The van der Waals surface area contributed by atoms with Gasteiger partial charge in [0.25, 0.3) is 0 Å². The summed E-state index contributed by atoms with van der Waals surface area (Å²) in [6.45, 7) is 0.423. The highest BCUT2D eigenvalue weighted by molar-refractivity contribution is 5.97. The topological polar surface area (TPSA) is 66.6 Å². The number of carbonyl (C=O) groups is 2. The number of anilines is 2. The number of fused-ring (bicyclic) bond motifs is 1. The maximum atomic E-state index is 12.0. The van der Waals surface area contributed by atoms with Gasteiger partial charge < -0.3 is 15.5 Å². The van der Waals surface area contributed by atoms with E-state index in [1.54, 1.807) is 25.1 Å². The molecule has 0 radical (unpaired) electrons. The van der Waals surface area contributed by atoms with E-state index in [0.29, 0.717) is 25.1 Å². The zero-order valence-corrected chi connectivity index (χ0v) is 11.3. The molecule has 0 spiro atoms. The summed E-state index contributed by atoms with van der Waals surface area (Å²) in [6.07, 6.45) is 1.53. The summed E-state index contributed by atoms with van der Waals surface area (Å²) in [5.74, 6) is 0.0965. The van der Waals surface area contributed by atoms with Gasteiger partial charge in [-0.3, -0.25) is 9.59 Å². The maximum absolute atomic E-state index is 12.0. The first kappa shape index (κ1) is 13.4. The number of benzene rings is 1. The lowest BCUT2D eigenvalue weighted by Gasteiger charge is -2.29. The summed E-state index contributed by atoms with van der Waals surface area (Å²) in [5.41, 5.74) is 8.43. The molecule has 1 aliphatic rings. The van der Waals surface area contributed by atoms with Gasteiger partial charge in [-0.25, -0.2) is 0 Å². The number of rotatable bonds is 3. The van der Waals surface area contributed by atoms with Crippen molar-refractivity contribution in [3.8, 4) is 0 Å². The lowest BCUT2D eigenvalue weighted by Crippen LogP contribution is -2.38. The molecule has 0 saturated heterocycles. The summed E-state index contributed by atoms with van der Waals surface area (Å²) in [5, 5.41) is 0. The molecular formula is C14H19N3O2. The van der Waals surface area contributed by atoms with Crippen LogP contribution in [-0.2, 0) is 16.0 Å². The van der Waals surface area contributed by atoms with Crippen molar-refractivity contribution < 1.29 is 9.59 Å². The van der Waals surface area contributed by atoms with Crippen LogP contribution in [0.4, 0.5) is 11.4 Å². The Labute approximate surface area is 113 Å². The Bertz CT molecular complexity index is 511. The second-order valence-electron chi connectivity index (χ2n) is 4.97. The Hall–Kier alpha value is -2.04. The molecule has 0 aliphatic carbocycles. The second-order valence-corrected chi connectivity index (χ2v) is 4.97. The average molecular weight is 261 g/mol. The summed E-state index contributed by atoms with van der Waals surface area (Å²) in [7, 11) is 3.43. The average Bonchev–Trinajstić information content (AvgIpc) is 2.37. The highest BCUT2D eigenvalue weighted by Gasteiger charge is 2.24. The van der Waals surface area contributed by atoms with Gasteiger partial charge in [-0.2, -0.15) is 0 Å². The number of amides is 2. The second kappa shape index (κ2) is 5.30. The van der Waals surface area contributed by atoms with E-state index in [1.165, 1.54) is 4.90 Å². The molecule has 5 nitrogen and oxygen atoms in total. The Morgan fingerprint density at radius 1 is 1.37 bits per heavy atom. The summed E-state index contributed by atoms with van der Waals surface area (Å²) >= 11 is 0. The molecule has 1 aliphatic heterocycles. The van der Waals surface area contributed by atoms with E-state index in [2.05, 4.69) is 0 Å². The molecule has 1 aromatic carbocycles. The third kappa shape index (κ3) is 2.86. The Balaban J connectivity index is 2.16. The summed E-state index contributed by atoms with van der Waals surface area (Å²) in [4.78, 5) is 26.9. The van der Waals surface area contributed by atoms with Crippen molar-refractivity contribution in [3.05, 3.63) is 23.8 Å². The minimum absolute atomic E-state index is 0.0235. The number of hydrogen-bond acceptors (Lipinski definition) is 3. The van der Waals surface area contributed by atoms with Gasteiger partial charge in [0.1, 0.15) is 0 Å². The van der Waals surface area contributed by atoms with Crippen LogP contribution in [0.25, 0.3) is 0 Å². The van der Waals surface area contributed by atoms with Crippen LogP contribution in [-0.4, -0.2) is 37.4 Å². The Morgan fingerprint density at radius 2 is 2.11 bits per heavy atom. The third-order valence-electron chi connectivity index (χ3n) is 3.35. The van der Waals surface area contributed by atoms with Crippen LogP contribution < -0.4 is 10.6 Å². The zero-order chi connectivity index (χ0) is 14.0. The third-order valence-corrected chi connectivity index (χ3v) is 3.35. The van der Waals surface area contributed by atoms with E-state index in [-0.39, 0.29) is 11.8 Å². The molecule has 2 rings (SSSR count). The highest BCUT2D eigenvalue weighted by Crippen LogP contribution is 2.29. The van der Waals surface area contributed by atoms with Gasteiger partial charge in [0.15, 0.2) is 0 Å². The first-order chi connectivity index (χ1) is 8.99. The fraction of sp³-hybridized carbons (Fsp3) is 0.429. The molecule has 0 fully saturated rings. The standard InChI is InChI=1S/C14H19N3O2/c1-16(2)13(18)7-8-17-12-5-4-11(15)9-10(12)3-6-14(17)19/h4-5,9H,3,6-8,15H2,1-2H3. The molecular weight excluding hydrogens is 242 g/mol. The number of nitrogen functional groups attached to an aromatic ring is 1. The molecule has 0 saturated carbocycles. The first-order valence-electron chi connectivity index (χ1n) is 6.38. The fourth-order valence-corrected chi connectivity index (χ4v) is 2.26. The van der Waals surface area contributed by atoms with Gasteiger partial charge in [-0.05, 0) is 30.2 Å². The largest absolute Gasteiger partial charge is 0.399 e. The van der Waals surface area contributed by atoms with E-state index < -0.39 is 0 Å².